The van der Waals surface area contributed by atoms with E-state index in [9.17, 15) is 9.59 Å². The number of anilines is 1. The lowest BCUT2D eigenvalue weighted by molar-refractivity contribution is 0.0600. The van der Waals surface area contributed by atoms with E-state index in [0.29, 0.717) is 17.9 Å². The highest BCUT2D eigenvalue weighted by molar-refractivity contribution is 5.89. The fourth-order valence-electron chi connectivity index (χ4n) is 2.28. The van der Waals surface area contributed by atoms with Crippen molar-refractivity contribution in [3.8, 4) is 5.75 Å². The van der Waals surface area contributed by atoms with Crippen LogP contribution in [0, 0.1) is 6.92 Å². The lowest BCUT2D eigenvalue weighted by Crippen LogP contribution is -2.15. The third-order valence-corrected chi connectivity index (χ3v) is 3.91. The molecule has 0 aliphatic carbocycles. The highest BCUT2D eigenvalue weighted by Crippen LogP contribution is 2.14. The minimum absolute atomic E-state index is 0.162. The molecule has 2 aromatic carbocycles. The average molecular weight is 393 g/mol. The number of nitrogens with zero attached hydrogens (tertiary/aromatic N) is 3. The Morgan fingerprint density at radius 3 is 2.52 bits per heavy atom. The van der Waals surface area contributed by atoms with Crippen LogP contribution in [-0.4, -0.2) is 34.5 Å². The van der Waals surface area contributed by atoms with Gasteiger partial charge in [-0.3, -0.25) is 9.78 Å². The molecule has 9 nitrogen and oxygen atoms in total. The summed E-state index contributed by atoms with van der Waals surface area (Å²) in [7, 11) is 1.35. The third kappa shape index (κ3) is 5.48. The number of esters is 1. The van der Waals surface area contributed by atoms with Gasteiger partial charge in [-0.15, -0.1) is 10.2 Å². The summed E-state index contributed by atoms with van der Waals surface area (Å²) in [4.78, 5) is 25.4. The van der Waals surface area contributed by atoms with Crippen LogP contribution in [0.4, 0.5) is 5.95 Å². The van der Waals surface area contributed by atoms with Crippen molar-refractivity contribution < 1.29 is 14.3 Å². The van der Waals surface area contributed by atoms with Crippen molar-refractivity contribution in [3.05, 3.63) is 81.3 Å². The molecule has 0 saturated carbocycles. The largest absolute Gasteiger partial charge is 0.489 e. The van der Waals surface area contributed by atoms with Crippen molar-refractivity contribution in [2.24, 2.45) is 5.10 Å². The SMILES string of the molecule is COC(=O)c1ccc(COc2ccc(/C=N\Nc3nnc(C)c(=O)[nH]3)cc2)cc1. The number of carbonyl (C=O) groups excluding carboxylic acids is 1. The predicted octanol–water partition coefficient (Wildman–Crippen LogP) is 2.28. The number of methoxy groups -OCH3 is 1. The number of hydrogen-bond acceptors (Lipinski definition) is 8. The van der Waals surface area contributed by atoms with Crippen molar-refractivity contribution in [1.29, 1.82) is 0 Å². The molecule has 3 aromatic rings. The molecular formula is C20H19N5O4. The van der Waals surface area contributed by atoms with Crippen molar-refractivity contribution in [2.45, 2.75) is 13.5 Å². The number of hydrazone groups is 1. The van der Waals surface area contributed by atoms with Crippen molar-refractivity contribution in [3.63, 3.8) is 0 Å². The molecule has 3 rings (SSSR count). The van der Waals surface area contributed by atoms with E-state index >= 15 is 0 Å². The van der Waals surface area contributed by atoms with Gasteiger partial charge in [0.2, 0.25) is 5.95 Å². The number of rotatable bonds is 7. The van der Waals surface area contributed by atoms with Gasteiger partial charge in [0, 0.05) is 0 Å². The van der Waals surface area contributed by atoms with Crippen LogP contribution in [0.5, 0.6) is 5.75 Å². The number of benzene rings is 2. The van der Waals surface area contributed by atoms with Crippen LogP contribution < -0.4 is 15.7 Å². The quantitative estimate of drug-likeness (QED) is 0.359. The molecule has 0 amide bonds. The number of H-pyrrole nitrogens is 1. The van der Waals surface area contributed by atoms with Gasteiger partial charge in [-0.05, 0) is 54.4 Å². The molecule has 29 heavy (non-hydrogen) atoms. The second kappa shape index (κ2) is 9.27. The summed E-state index contributed by atoms with van der Waals surface area (Å²) in [6, 6.07) is 14.3. The number of hydrogen-bond donors (Lipinski definition) is 2. The first-order chi connectivity index (χ1) is 14.0. The lowest BCUT2D eigenvalue weighted by Gasteiger charge is -2.07. The lowest BCUT2D eigenvalue weighted by atomic mass is 10.1. The van der Waals surface area contributed by atoms with Gasteiger partial charge < -0.3 is 9.47 Å². The Balaban J connectivity index is 1.52. The summed E-state index contributed by atoms with van der Waals surface area (Å²) in [5.74, 6) is 0.487. The van der Waals surface area contributed by atoms with E-state index in [-0.39, 0.29) is 23.2 Å². The van der Waals surface area contributed by atoms with E-state index in [1.807, 2.05) is 36.4 Å². The Kier molecular flexibility index (Phi) is 6.31. The molecule has 0 radical (unpaired) electrons. The molecule has 0 fully saturated rings. The maximum atomic E-state index is 11.5. The van der Waals surface area contributed by atoms with Crippen LogP contribution in [0.3, 0.4) is 0 Å². The summed E-state index contributed by atoms with van der Waals surface area (Å²) in [6.07, 6.45) is 1.58. The van der Waals surface area contributed by atoms with Crippen molar-refractivity contribution in [1.82, 2.24) is 15.2 Å². The van der Waals surface area contributed by atoms with Gasteiger partial charge in [-0.2, -0.15) is 5.10 Å². The molecule has 2 N–H and O–H groups in total. The van der Waals surface area contributed by atoms with Gasteiger partial charge in [0.05, 0.1) is 18.9 Å². The van der Waals surface area contributed by atoms with E-state index < -0.39 is 0 Å². The first-order valence-corrected chi connectivity index (χ1v) is 8.68. The van der Waals surface area contributed by atoms with Gasteiger partial charge in [0.1, 0.15) is 18.1 Å². The summed E-state index contributed by atoms with van der Waals surface area (Å²) in [5.41, 5.74) is 4.84. The average Bonchev–Trinajstić information content (AvgIpc) is 2.75. The first kappa shape index (κ1) is 19.7. The van der Waals surface area contributed by atoms with Crippen LogP contribution in [0.15, 0.2) is 58.4 Å². The third-order valence-electron chi connectivity index (χ3n) is 3.91. The fraction of sp³-hybridized carbons (Fsp3) is 0.150. The number of nitrogens with one attached hydrogen (secondary N) is 2. The van der Waals surface area contributed by atoms with E-state index in [0.717, 1.165) is 11.1 Å². The molecule has 1 aromatic heterocycles. The fourth-order valence-corrected chi connectivity index (χ4v) is 2.28. The van der Waals surface area contributed by atoms with E-state index in [2.05, 4.69) is 30.4 Å². The van der Waals surface area contributed by atoms with E-state index in [4.69, 9.17) is 4.74 Å². The van der Waals surface area contributed by atoms with Gasteiger partial charge in [-0.25, -0.2) is 10.2 Å². The second-order valence-electron chi connectivity index (χ2n) is 6.00. The molecule has 9 heteroatoms. The van der Waals surface area contributed by atoms with Crippen LogP contribution in [-0.2, 0) is 11.3 Å². The molecule has 1 heterocycles. The molecule has 148 valence electrons. The summed E-state index contributed by atoms with van der Waals surface area (Å²) >= 11 is 0. The topological polar surface area (TPSA) is 119 Å². The zero-order valence-corrected chi connectivity index (χ0v) is 15.9. The Morgan fingerprint density at radius 1 is 1.14 bits per heavy atom. The molecular weight excluding hydrogens is 374 g/mol. The van der Waals surface area contributed by atoms with Gasteiger partial charge in [0.25, 0.3) is 5.56 Å². The summed E-state index contributed by atoms with van der Waals surface area (Å²) in [5, 5.41) is 11.5. The van der Waals surface area contributed by atoms with E-state index in [1.54, 1.807) is 25.3 Å². The van der Waals surface area contributed by atoms with Crippen LogP contribution in [0.2, 0.25) is 0 Å². The Labute approximate surface area is 166 Å². The van der Waals surface area contributed by atoms with Crippen LogP contribution >= 0.6 is 0 Å². The predicted molar refractivity (Wildman–Crippen MR) is 107 cm³/mol. The number of aromatic nitrogens is 3. The van der Waals surface area contributed by atoms with Crippen molar-refractivity contribution >= 4 is 18.1 Å². The summed E-state index contributed by atoms with van der Waals surface area (Å²) < 4.78 is 10.4. The maximum absolute atomic E-state index is 11.5. The van der Waals surface area contributed by atoms with Crippen molar-refractivity contribution in [2.75, 3.05) is 12.5 Å². The molecule has 0 aliphatic rings. The smallest absolute Gasteiger partial charge is 0.337 e. The Bertz CT molecular complexity index is 1060. The minimum Gasteiger partial charge on any atom is -0.489 e. The Hall–Kier alpha value is -4.01. The zero-order chi connectivity index (χ0) is 20.6. The first-order valence-electron chi connectivity index (χ1n) is 8.68. The van der Waals surface area contributed by atoms with E-state index in [1.165, 1.54) is 7.11 Å². The molecule has 0 saturated heterocycles. The van der Waals surface area contributed by atoms with Gasteiger partial charge in [-0.1, -0.05) is 12.1 Å². The minimum atomic E-state index is -0.370. The number of carbonyl (C=O) groups is 1. The van der Waals surface area contributed by atoms with Gasteiger partial charge >= 0.3 is 5.97 Å². The molecule has 0 spiro atoms. The Morgan fingerprint density at radius 2 is 1.86 bits per heavy atom. The van der Waals surface area contributed by atoms with Gasteiger partial charge in [0.15, 0.2) is 0 Å². The van der Waals surface area contributed by atoms with Crippen LogP contribution in [0.1, 0.15) is 27.2 Å². The van der Waals surface area contributed by atoms with Crippen LogP contribution in [0.25, 0.3) is 0 Å². The summed E-state index contributed by atoms with van der Waals surface area (Å²) in [6.45, 7) is 1.94. The number of ether oxygens (including phenoxy) is 2. The highest BCUT2D eigenvalue weighted by atomic mass is 16.5. The zero-order valence-electron chi connectivity index (χ0n) is 15.9. The number of aryl methyl sites for hydroxylation is 1. The monoisotopic (exact) mass is 393 g/mol. The maximum Gasteiger partial charge on any atom is 0.337 e. The molecule has 0 bridgehead atoms. The molecule has 0 unspecified atom stereocenters. The normalized spacial score (nSPS) is 10.7. The second-order valence-corrected chi connectivity index (χ2v) is 6.00. The molecule has 0 atom stereocenters. The molecule has 0 aliphatic heterocycles. The number of aromatic amines is 1. The highest BCUT2D eigenvalue weighted by Gasteiger charge is 2.04. The standard InChI is InChI=1S/C20H19N5O4/c1-13-18(26)22-20(25-23-13)24-21-11-14-5-9-17(10-6-14)29-12-15-3-7-16(8-4-15)19(27)28-2/h3-11H,12H2,1-2H3,(H2,22,24,25,26)/b21-11-.